The third-order valence-electron chi connectivity index (χ3n) is 3.67. The summed E-state index contributed by atoms with van der Waals surface area (Å²) in [5, 5.41) is 11.8. The fraction of sp³-hybridized carbons (Fsp3) is 0.467. The maximum Gasteiger partial charge on any atom is 0.306 e. The molecule has 108 valence electrons. The normalized spacial score (nSPS) is 22.2. The molecule has 1 amide bonds. The monoisotopic (exact) mass is 277 g/mol. The Morgan fingerprint density at radius 2 is 2.25 bits per heavy atom. The van der Waals surface area contributed by atoms with E-state index in [-0.39, 0.29) is 17.7 Å². The number of amides is 1. The van der Waals surface area contributed by atoms with Crippen LogP contribution < -0.4 is 5.32 Å². The van der Waals surface area contributed by atoms with Crippen molar-refractivity contribution in [1.82, 2.24) is 5.32 Å². The summed E-state index contributed by atoms with van der Waals surface area (Å²) < 4.78 is 5.32. The number of rotatable bonds is 5. The van der Waals surface area contributed by atoms with Crippen molar-refractivity contribution in [3.8, 4) is 0 Å². The van der Waals surface area contributed by atoms with Crippen molar-refractivity contribution in [3.63, 3.8) is 0 Å². The van der Waals surface area contributed by atoms with Crippen LogP contribution in [0.2, 0.25) is 0 Å². The maximum absolute atomic E-state index is 11.7. The molecule has 20 heavy (non-hydrogen) atoms. The van der Waals surface area contributed by atoms with Crippen LogP contribution in [0.4, 0.5) is 0 Å². The second kappa shape index (κ2) is 6.41. The van der Waals surface area contributed by atoms with Gasteiger partial charge in [0.25, 0.3) is 0 Å². The maximum atomic E-state index is 11.7. The highest BCUT2D eigenvalue weighted by atomic mass is 16.4. The molecule has 2 rings (SSSR count). The van der Waals surface area contributed by atoms with Gasteiger partial charge in [-0.05, 0) is 43.9 Å². The molecule has 1 heterocycles. The molecular weight excluding hydrogens is 258 g/mol. The minimum absolute atomic E-state index is 0.0377. The first kappa shape index (κ1) is 14.4. The molecule has 2 atom stereocenters. The summed E-state index contributed by atoms with van der Waals surface area (Å²) in [6.07, 6.45) is 5.49. The van der Waals surface area contributed by atoms with Gasteiger partial charge in [-0.3, -0.25) is 9.59 Å². The molecule has 1 aliphatic rings. The lowest BCUT2D eigenvalue weighted by molar-refractivity contribution is -0.143. The summed E-state index contributed by atoms with van der Waals surface area (Å²) >= 11 is 0. The van der Waals surface area contributed by atoms with Gasteiger partial charge in [0.1, 0.15) is 11.5 Å². The van der Waals surface area contributed by atoms with Crippen molar-refractivity contribution in [2.75, 3.05) is 6.54 Å². The van der Waals surface area contributed by atoms with Crippen molar-refractivity contribution in [2.45, 2.75) is 26.2 Å². The summed E-state index contributed by atoms with van der Waals surface area (Å²) in [5.41, 5.74) is 0. The fourth-order valence-corrected chi connectivity index (χ4v) is 2.60. The largest absolute Gasteiger partial charge is 0.481 e. The van der Waals surface area contributed by atoms with Crippen molar-refractivity contribution in [3.05, 3.63) is 29.7 Å². The van der Waals surface area contributed by atoms with Gasteiger partial charge in [-0.25, -0.2) is 0 Å². The third kappa shape index (κ3) is 3.73. The predicted octanol–water partition coefficient (Wildman–Crippen LogP) is 2.22. The van der Waals surface area contributed by atoms with Gasteiger partial charge in [-0.2, -0.15) is 0 Å². The number of carboxylic acid groups (broad SMARTS) is 1. The predicted molar refractivity (Wildman–Crippen MR) is 74.0 cm³/mol. The van der Waals surface area contributed by atoms with E-state index in [1.165, 1.54) is 6.08 Å². The van der Waals surface area contributed by atoms with Gasteiger partial charge >= 0.3 is 5.97 Å². The number of carboxylic acids is 1. The van der Waals surface area contributed by atoms with Crippen LogP contribution in [-0.4, -0.2) is 23.5 Å². The SMILES string of the molecule is Cc1ccc(C=CC(=O)NCC2CCCC2C(=O)O)o1. The highest BCUT2D eigenvalue weighted by Crippen LogP contribution is 2.31. The Bertz CT molecular complexity index is 518. The van der Waals surface area contributed by atoms with Crippen LogP contribution in [0.15, 0.2) is 22.6 Å². The number of hydrogen-bond acceptors (Lipinski definition) is 3. The molecule has 0 aliphatic heterocycles. The van der Waals surface area contributed by atoms with Gasteiger partial charge in [0.05, 0.1) is 5.92 Å². The number of carbonyl (C=O) groups excluding carboxylic acids is 1. The lowest BCUT2D eigenvalue weighted by Gasteiger charge is -2.15. The minimum Gasteiger partial charge on any atom is -0.481 e. The third-order valence-corrected chi connectivity index (χ3v) is 3.67. The first-order valence-electron chi connectivity index (χ1n) is 6.81. The van der Waals surface area contributed by atoms with E-state index in [1.807, 2.05) is 13.0 Å². The van der Waals surface area contributed by atoms with Crippen LogP contribution >= 0.6 is 0 Å². The number of furan rings is 1. The molecule has 0 bridgehead atoms. The van der Waals surface area contributed by atoms with E-state index in [9.17, 15) is 9.59 Å². The zero-order valence-electron chi connectivity index (χ0n) is 11.5. The molecule has 0 spiro atoms. The molecule has 1 aliphatic carbocycles. The summed E-state index contributed by atoms with van der Waals surface area (Å²) in [4.78, 5) is 22.7. The Hall–Kier alpha value is -2.04. The number of aryl methyl sites for hydroxylation is 1. The quantitative estimate of drug-likeness (QED) is 0.809. The van der Waals surface area contributed by atoms with E-state index in [1.54, 1.807) is 12.1 Å². The Morgan fingerprint density at radius 1 is 1.45 bits per heavy atom. The molecule has 0 radical (unpaired) electrons. The second-order valence-electron chi connectivity index (χ2n) is 5.16. The van der Waals surface area contributed by atoms with E-state index >= 15 is 0 Å². The van der Waals surface area contributed by atoms with Gasteiger partial charge in [0.2, 0.25) is 5.91 Å². The second-order valence-corrected chi connectivity index (χ2v) is 5.16. The summed E-state index contributed by atoms with van der Waals surface area (Å²) in [6.45, 7) is 2.25. The van der Waals surface area contributed by atoms with E-state index in [2.05, 4.69) is 5.32 Å². The standard InChI is InChI=1S/C15H19NO4/c1-10-5-6-12(20-10)7-8-14(17)16-9-11-3-2-4-13(11)15(18)19/h5-8,11,13H,2-4,9H2,1H3,(H,16,17)(H,18,19). The molecule has 5 nitrogen and oxygen atoms in total. The van der Waals surface area contributed by atoms with Gasteiger partial charge in [0.15, 0.2) is 0 Å². The first-order valence-corrected chi connectivity index (χ1v) is 6.81. The average Bonchev–Trinajstić information content (AvgIpc) is 3.02. The number of aliphatic carboxylic acids is 1. The summed E-state index contributed by atoms with van der Waals surface area (Å²) in [5.74, 6) is 0.142. The van der Waals surface area contributed by atoms with E-state index in [4.69, 9.17) is 9.52 Å². The van der Waals surface area contributed by atoms with E-state index < -0.39 is 5.97 Å². The summed E-state index contributed by atoms with van der Waals surface area (Å²) in [7, 11) is 0. The molecule has 1 saturated carbocycles. The van der Waals surface area contributed by atoms with Gasteiger partial charge < -0.3 is 14.8 Å². The smallest absolute Gasteiger partial charge is 0.306 e. The number of hydrogen-bond donors (Lipinski definition) is 2. The van der Waals surface area contributed by atoms with Crippen molar-refractivity contribution in [2.24, 2.45) is 11.8 Å². The molecule has 0 aromatic carbocycles. The lowest BCUT2D eigenvalue weighted by Crippen LogP contribution is -2.32. The Kier molecular flexibility index (Phi) is 4.61. The number of nitrogens with one attached hydrogen (secondary N) is 1. The van der Waals surface area contributed by atoms with Crippen LogP contribution in [0.5, 0.6) is 0 Å². The fourth-order valence-electron chi connectivity index (χ4n) is 2.60. The molecule has 2 N–H and O–H groups in total. The van der Waals surface area contributed by atoms with Crippen molar-refractivity contribution in [1.29, 1.82) is 0 Å². The first-order chi connectivity index (χ1) is 9.56. The Morgan fingerprint density at radius 3 is 2.90 bits per heavy atom. The Labute approximate surface area is 117 Å². The summed E-state index contributed by atoms with van der Waals surface area (Å²) in [6, 6.07) is 3.62. The van der Waals surface area contributed by atoms with Crippen molar-refractivity contribution < 1.29 is 19.1 Å². The van der Waals surface area contributed by atoms with Crippen LogP contribution in [0, 0.1) is 18.8 Å². The number of carbonyl (C=O) groups is 2. The highest BCUT2D eigenvalue weighted by Gasteiger charge is 2.32. The molecule has 1 aromatic rings. The van der Waals surface area contributed by atoms with Gasteiger partial charge in [-0.1, -0.05) is 6.42 Å². The molecular formula is C15H19NO4. The topological polar surface area (TPSA) is 79.5 Å². The Balaban J connectivity index is 1.80. The lowest BCUT2D eigenvalue weighted by atomic mass is 9.96. The van der Waals surface area contributed by atoms with Crippen LogP contribution in [-0.2, 0) is 9.59 Å². The zero-order chi connectivity index (χ0) is 14.5. The van der Waals surface area contributed by atoms with Crippen LogP contribution in [0.25, 0.3) is 6.08 Å². The van der Waals surface area contributed by atoms with Crippen molar-refractivity contribution >= 4 is 18.0 Å². The minimum atomic E-state index is -0.761. The van der Waals surface area contributed by atoms with Gasteiger partial charge in [0, 0.05) is 12.6 Å². The molecule has 5 heteroatoms. The average molecular weight is 277 g/mol. The van der Waals surface area contributed by atoms with Gasteiger partial charge in [-0.15, -0.1) is 0 Å². The van der Waals surface area contributed by atoms with Crippen LogP contribution in [0.1, 0.15) is 30.8 Å². The molecule has 0 saturated heterocycles. The molecule has 1 fully saturated rings. The van der Waals surface area contributed by atoms with E-state index in [0.29, 0.717) is 18.7 Å². The van der Waals surface area contributed by atoms with E-state index in [0.717, 1.165) is 18.6 Å². The highest BCUT2D eigenvalue weighted by molar-refractivity contribution is 5.91. The molecule has 2 unspecified atom stereocenters. The van der Waals surface area contributed by atoms with Crippen LogP contribution in [0.3, 0.4) is 0 Å². The zero-order valence-corrected chi connectivity index (χ0v) is 11.5. The molecule has 1 aromatic heterocycles.